The van der Waals surface area contributed by atoms with Crippen LogP contribution in [-0.4, -0.2) is 24.9 Å². The van der Waals surface area contributed by atoms with Crippen LogP contribution in [-0.2, 0) is 0 Å². The maximum atomic E-state index is 12.9. The molecule has 4 rings (SSSR count). The Hall–Kier alpha value is -3.20. The van der Waals surface area contributed by atoms with Gasteiger partial charge in [0.25, 0.3) is 11.2 Å². The molecule has 9 heteroatoms. The number of rotatable bonds is 2. The number of pyridine rings is 1. The summed E-state index contributed by atoms with van der Waals surface area (Å²) in [4.78, 5) is 28.7. The molecule has 0 fully saturated rings. The smallest absolute Gasteiger partial charge is 0.266 e. The van der Waals surface area contributed by atoms with Crippen molar-refractivity contribution in [3.63, 3.8) is 0 Å². The lowest BCUT2D eigenvalue weighted by molar-refractivity contribution is -0.384. The molecule has 0 aliphatic heterocycles. The summed E-state index contributed by atoms with van der Waals surface area (Å²) in [5, 5.41) is 20.1. The number of fused-ring (bicyclic) bond motifs is 3. The molecule has 0 unspecified atom stereocenters. The molecule has 0 radical (unpaired) electrons. The van der Waals surface area contributed by atoms with Gasteiger partial charge < -0.3 is 0 Å². The van der Waals surface area contributed by atoms with Crippen LogP contribution in [0.4, 0.5) is 5.69 Å². The fourth-order valence-corrected chi connectivity index (χ4v) is 4.00. The Morgan fingerprint density at radius 3 is 2.76 bits per heavy atom. The summed E-state index contributed by atoms with van der Waals surface area (Å²) >= 11 is 1.22. The molecular formula is C16H11N5O3S. The van der Waals surface area contributed by atoms with Crippen molar-refractivity contribution in [1.29, 1.82) is 0 Å². The van der Waals surface area contributed by atoms with E-state index in [0.717, 1.165) is 21.3 Å². The van der Waals surface area contributed by atoms with Crippen LogP contribution in [0.15, 0.2) is 35.1 Å². The third kappa shape index (κ3) is 2.28. The fourth-order valence-electron chi connectivity index (χ4n) is 2.84. The van der Waals surface area contributed by atoms with Crippen LogP contribution >= 0.6 is 11.3 Å². The molecule has 0 spiro atoms. The van der Waals surface area contributed by atoms with E-state index in [1.54, 1.807) is 6.07 Å². The van der Waals surface area contributed by atoms with E-state index in [9.17, 15) is 14.9 Å². The van der Waals surface area contributed by atoms with Gasteiger partial charge >= 0.3 is 0 Å². The van der Waals surface area contributed by atoms with Crippen LogP contribution in [0.2, 0.25) is 0 Å². The molecule has 3 aromatic heterocycles. The van der Waals surface area contributed by atoms with E-state index in [4.69, 9.17) is 0 Å². The molecule has 0 aliphatic carbocycles. The van der Waals surface area contributed by atoms with Gasteiger partial charge in [-0.3, -0.25) is 14.9 Å². The van der Waals surface area contributed by atoms with Crippen molar-refractivity contribution in [1.82, 2.24) is 20.0 Å². The second-order valence-electron chi connectivity index (χ2n) is 5.59. The number of nitrogens with zero attached hydrogens (tertiary/aromatic N) is 5. The molecule has 0 amide bonds. The first kappa shape index (κ1) is 15.3. The second kappa shape index (κ2) is 5.42. The Labute approximate surface area is 144 Å². The summed E-state index contributed by atoms with van der Waals surface area (Å²) in [5.74, 6) is 0. The van der Waals surface area contributed by atoms with Gasteiger partial charge in [-0.1, -0.05) is 17.3 Å². The summed E-state index contributed by atoms with van der Waals surface area (Å²) < 4.78 is 1.35. The number of para-hydroxylation sites is 2. The standard InChI is InChI=1S/C16H11N5O3S/c1-8-7-9(2)17-15-12(8)13-14(25-15)16(22)20(19-18-13)10-5-3-4-6-11(10)21(23)24/h3-7H,1-2H3. The van der Waals surface area contributed by atoms with Gasteiger partial charge in [0.15, 0.2) is 0 Å². The van der Waals surface area contributed by atoms with Gasteiger partial charge in [-0.05, 0) is 31.5 Å². The van der Waals surface area contributed by atoms with E-state index in [2.05, 4.69) is 15.3 Å². The molecule has 0 bridgehead atoms. The lowest BCUT2D eigenvalue weighted by atomic mass is 10.1. The number of thiophene rings is 1. The average Bonchev–Trinajstić information content (AvgIpc) is 2.94. The van der Waals surface area contributed by atoms with Crippen LogP contribution in [0.3, 0.4) is 0 Å². The average molecular weight is 353 g/mol. The fraction of sp³-hybridized carbons (Fsp3) is 0.125. The third-order valence-corrected chi connectivity index (χ3v) is 4.95. The van der Waals surface area contributed by atoms with Gasteiger partial charge in [-0.2, -0.15) is 4.68 Å². The largest absolute Gasteiger partial charge is 0.295 e. The first-order valence-corrected chi connectivity index (χ1v) is 8.19. The van der Waals surface area contributed by atoms with Crippen LogP contribution in [0.5, 0.6) is 0 Å². The van der Waals surface area contributed by atoms with E-state index in [1.165, 1.54) is 29.5 Å². The maximum absolute atomic E-state index is 12.9. The molecule has 124 valence electrons. The number of aryl methyl sites for hydroxylation is 2. The highest BCUT2D eigenvalue weighted by molar-refractivity contribution is 7.25. The summed E-state index contributed by atoms with van der Waals surface area (Å²) in [6, 6.07) is 7.87. The highest BCUT2D eigenvalue weighted by Crippen LogP contribution is 2.31. The third-order valence-electron chi connectivity index (χ3n) is 3.89. The second-order valence-corrected chi connectivity index (χ2v) is 6.59. The minimum Gasteiger partial charge on any atom is -0.266 e. The SMILES string of the molecule is Cc1cc(C)c2c(n1)sc1c(=O)n(-c3ccccc3[N+](=O)[O-])nnc12. The van der Waals surface area contributed by atoms with E-state index in [1.807, 2.05) is 19.9 Å². The number of hydrogen-bond acceptors (Lipinski definition) is 7. The van der Waals surface area contributed by atoms with E-state index < -0.39 is 10.5 Å². The molecule has 25 heavy (non-hydrogen) atoms. The quantitative estimate of drug-likeness (QED) is 0.405. The van der Waals surface area contributed by atoms with Crippen molar-refractivity contribution >= 4 is 37.5 Å². The zero-order chi connectivity index (χ0) is 17.7. The van der Waals surface area contributed by atoms with Crippen molar-refractivity contribution < 1.29 is 4.92 Å². The molecule has 0 saturated heterocycles. The van der Waals surface area contributed by atoms with E-state index >= 15 is 0 Å². The van der Waals surface area contributed by atoms with Gasteiger partial charge in [-0.15, -0.1) is 16.4 Å². The maximum Gasteiger partial charge on any atom is 0.295 e. The Morgan fingerprint density at radius 1 is 1.24 bits per heavy atom. The number of nitro groups is 1. The summed E-state index contributed by atoms with van der Waals surface area (Å²) in [5.41, 5.74) is 1.73. The first-order chi connectivity index (χ1) is 12.0. The number of nitro benzene ring substituents is 1. The zero-order valence-corrected chi connectivity index (χ0v) is 14.1. The number of hydrogen-bond donors (Lipinski definition) is 0. The summed E-state index contributed by atoms with van der Waals surface area (Å²) in [6.45, 7) is 3.81. The highest BCUT2D eigenvalue weighted by atomic mass is 32.1. The monoisotopic (exact) mass is 353 g/mol. The van der Waals surface area contributed by atoms with Crippen molar-refractivity contribution in [2.45, 2.75) is 13.8 Å². The molecule has 1 aromatic carbocycles. The van der Waals surface area contributed by atoms with Crippen molar-refractivity contribution in [2.24, 2.45) is 0 Å². The van der Waals surface area contributed by atoms with Crippen LogP contribution < -0.4 is 5.56 Å². The van der Waals surface area contributed by atoms with Gasteiger partial charge in [0.2, 0.25) is 0 Å². The Balaban J connectivity index is 2.08. The summed E-state index contributed by atoms with van der Waals surface area (Å²) in [6.07, 6.45) is 0. The van der Waals surface area contributed by atoms with E-state index in [0.29, 0.717) is 15.0 Å². The molecule has 0 saturated carbocycles. The minimum atomic E-state index is -0.548. The predicted octanol–water partition coefficient (Wildman–Crippen LogP) is 2.92. The lowest BCUT2D eigenvalue weighted by Gasteiger charge is -2.04. The molecule has 8 nitrogen and oxygen atoms in total. The van der Waals surface area contributed by atoms with Crippen LogP contribution in [0.25, 0.3) is 26.1 Å². The molecule has 0 N–H and O–H groups in total. The van der Waals surface area contributed by atoms with E-state index in [-0.39, 0.29) is 11.4 Å². The van der Waals surface area contributed by atoms with Gasteiger partial charge in [0.1, 0.15) is 20.7 Å². The Kier molecular flexibility index (Phi) is 3.32. The first-order valence-electron chi connectivity index (χ1n) is 7.37. The number of benzene rings is 1. The van der Waals surface area contributed by atoms with Crippen LogP contribution in [0, 0.1) is 24.0 Å². The lowest BCUT2D eigenvalue weighted by Crippen LogP contribution is -2.22. The topological polar surface area (TPSA) is 104 Å². The van der Waals surface area contributed by atoms with Gasteiger partial charge in [0.05, 0.1) is 4.92 Å². The number of aromatic nitrogens is 4. The van der Waals surface area contributed by atoms with Crippen molar-refractivity contribution in [3.05, 3.63) is 62.1 Å². The molecule has 0 aliphatic rings. The molecular weight excluding hydrogens is 342 g/mol. The minimum absolute atomic E-state index is 0.0882. The Bertz CT molecular complexity index is 1230. The van der Waals surface area contributed by atoms with Crippen molar-refractivity contribution in [3.8, 4) is 5.69 Å². The summed E-state index contributed by atoms with van der Waals surface area (Å²) in [7, 11) is 0. The zero-order valence-electron chi connectivity index (χ0n) is 13.3. The van der Waals surface area contributed by atoms with Gasteiger partial charge in [0, 0.05) is 17.1 Å². The molecule has 3 heterocycles. The molecule has 0 atom stereocenters. The molecule has 4 aromatic rings. The highest BCUT2D eigenvalue weighted by Gasteiger charge is 2.20. The van der Waals surface area contributed by atoms with Crippen molar-refractivity contribution in [2.75, 3.05) is 0 Å². The van der Waals surface area contributed by atoms with Gasteiger partial charge in [-0.25, -0.2) is 4.98 Å². The predicted molar refractivity (Wildman–Crippen MR) is 94.4 cm³/mol. The normalized spacial score (nSPS) is 11.3. The van der Waals surface area contributed by atoms with Crippen LogP contribution in [0.1, 0.15) is 11.3 Å². The Morgan fingerprint density at radius 2 is 2.00 bits per heavy atom.